The van der Waals surface area contributed by atoms with E-state index in [4.69, 9.17) is 4.74 Å². The number of nitrogens with zero attached hydrogens (tertiary/aromatic N) is 1. The maximum absolute atomic E-state index is 13.4. The summed E-state index contributed by atoms with van der Waals surface area (Å²) < 4.78 is 7.48. The van der Waals surface area contributed by atoms with Gasteiger partial charge in [0.05, 0.1) is 7.11 Å². The first kappa shape index (κ1) is 24.9. The van der Waals surface area contributed by atoms with Crippen LogP contribution in [-0.2, 0) is 17.8 Å². The van der Waals surface area contributed by atoms with Crippen molar-refractivity contribution in [1.29, 1.82) is 0 Å². The number of aromatic amines is 1. The Morgan fingerprint density at radius 2 is 1.79 bits per heavy atom. The Morgan fingerprint density at radius 1 is 1.00 bits per heavy atom. The molecule has 2 aromatic heterocycles. The van der Waals surface area contributed by atoms with E-state index in [1.165, 1.54) is 0 Å². The fourth-order valence-corrected chi connectivity index (χ4v) is 4.65. The number of H-pyrrole nitrogens is 1. The van der Waals surface area contributed by atoms with Gasteiger partial charge in [-0.05, 0) is 61.4 Å². The summed E-state index contributed by atoms with van der Waals surface area (Å²) in [4.78, 5) is 29.6. The molecule has 38 heavy (non-hydrogen) atoms. The van der Waals surface area contributed by atoms with Crippen molar-refractivity contribution < 1.29 is 14.3 Å². The van der Waals surface area contributed by atoms with E-state index in [0.717, 1.165) is 45.2 Å². The van der Waals surface area contributed by atoms with Gasteiger partial charge in [0.15, 0.2) is 0 Å². The monoisotopic (exact) mass is 506 g/mol. The fourth-order valence-electron chi connectivity index (χ4n) is 4.65. The van der Waals surface area contributed by atoms with Gasteiger partial charge in [-0.25, -0.2) is 0 Å². The molecule has 7 heteroatoms. The van der Waals surface area contributed by atoms with Gasteiger partial charge in [0, 0.05) is 58.4 Å². The summed E-state index contributed by atoms with van der Waals surface area (Å²) in [5.74, 6) is 0.0949. The van der Waals surface area contributed by atoms with Gasteiger partial charge < -0.3 is 24.9 Å². The molecule has 0 saturated heterocycles. The standard InChI is InChI=1S/C31H30N4O3/c1-3-35-20-23(25-11-7-8-12-29(25)35)17-28(34-30(36)21-9-5-4-6-10-21)31(37)32-16-15-22-19-33-27-14-13-24(38-2)18-26(22)27/h4-14,17-20,33H,3,15-16H2,1-2H3,(H,32,37)(H,34,36). The Labute approximate surface area is 221 Å². The van der Waals surface area contributed by atoms with E-state index >= 15 is 0 Å². The van der Waals surface area contributed by atoms with Gasteiger partial charge in [0.1, 0.15) is 11.4 Å². The lowest BCUT2D eigenvalue weighted by Gasteiger charge is -2.11. The summed E-state index contributed by atoms with van der Waals surface area (Å²) in [6.07, 6.45) is 6.32. The number of hydrogen-bond acceptors (Lipinski definition) is 3. The summed E-state index contributed by atoms with van der Waals surface area (Å²) in [6.45, 7) is 3.27. The number of fused-ring (bicyclic) bond motifs is 2. The van der Waals surface area contributed by atoms with Gasteiger partial charge >= 0.3 is 0 Å². The number of nitrogens with one attached hydrogen (secondary N) is 3. The Kier molecular flexibility index (Phi) is 7.26. The smallest absolute Gasteiger partial charge is 0.267 e. The molecule has 2 heterocycles. The topological polar surface area (TPSA) is 88.2 Å². The van der Waals surface area contributed by atoms with Crippen molar-refractivity contribution >= 4 is 39.7 Å². The highest BCUT2D eigenvalue weighted by molar-refractivity contribution is 6.06. The minimum Gasteiger partial charge on any atom is -0.497 e. The highest BCUT2D eigenvalue weighted by atomic mass is 16.5. The summed E-state index contributed by atoms with van der Waals surface area (Å²) in [5, 5.41) is 7.90. The van der Waals surface area contributed by atoms with Gasteiger partial charge in [-0.3, -0.25) is 9.59 Å². The second-order valence-electron chi connectivity index (χ2n) is 9.00. The van der Waals surface area contributed by atoms with Crippen LogP contribution in [0.15, 0.2) is 90.9 Å². The quantitative estimate of drug-likeness (QED) is 0.238. The minimum atomic E-state index is -0.347. The summed E-state index contributed by atoms with van der Waals surface area (Å²) in [6, 6.07) is 22.8. The van der Waals surface area contributed by atoms with Crippen LogP contribution in [-0.4, -0.2) is 35.0 Å². The molecule has 2 amide bonds. The average molecular weight is 507 g/mol. The largest absolute Gasteiger partial charge is 0.497 e. The lowest BCUT2D eigenvalue weighted by Crippen LogP contribution is -2.35. The Balaban J connectivity index is 1.39. The molecule has 0 unspecified atom stereocenters. The van der Waals surface area contributed by atoms with Gasteiger partial charge in [0.25, 0.3) is 11.8 Å². The predicted octanol–water partition coefficient (Wildman–Crippen LogP) is 5.28. The molecule has 192 valence electrons. The first-order chi connectivity index (χ1) is 18.6. The molecule has 0 aliphatic heterocycles. The lowest BCUT2D eigenvalue weighted by atomic mass is 10.1. The van der Waals surface area contributed by atoms with Crippen molar-refractivity contribution in [2.24, 2.45) is 0 Å². The predicted molar refractivity (Wildman–Crippen MR) is 151 cm³/mol. The summed E-state index contributed by atoms with van der Waals surface area (Å²) >= 11 is 0. The molecule has 5 rings (SSSR count). The number of ether oxygens (including phenoxy) is 1. The molecule has 0 spiro atoms. The van der Waals surface area contributed by atoms with E-state index in [-0.39, 0.29) is 17.5 Å². The third-order valence-electron chi connectivity index (χ3n) is 6.64. The number of amides is 2. The SMILES string of the molecule is CCn1cc(C=C(NC(=O)c2ccccc2)C(=O)NCCc2c[nH]c3ccc(OC)cc23)c2ccccc21. The van der Waals surface area contributed by atoms with Gasteiger partial charge in [-0.15, -0.1) is 0 Å². The van der Waals surface area contributed by atoms with Crippen LogP contribution >= 0.6 is 0 Å². The van der Waals surface area contributed by atoms with Crippen LogP contribution < -0.4 is 15.4 Å². The molecular formula is C31H30N4O3. The molecular weight excluding hydrogens is 476 g/mol. The number of benzene rings is 3. The first-order valence-electron chi connectivity index (χ1n) is 12.7. The Morgan fingerprint density at radius 3 is 2.58 bits per heavy atom. The van der Waals surface area contributed by atoms with E-state index in [2.05, 4.69) is 33.2 Å². The zero-order valence-corrected chi connectivity index (χ0v) is 21.5. The van der Waals surface area contributed by atoms with Crippen LogP contribution in [0.1, 0.15) is 28.4 Å². The van der Waals surface area contributed by atoms with Crippen molar-refractivity contribution in [3.05, 3.63) is 108 Å². The number of carbonyl (C=O) groups is 2. The number of methoxy groups -OCH3 is 1. The Bertz CT molecular complexity index is 1630. The van der Waals surface area contributed by atoms with Gasteiger partial charge in [-0.1, -0.05) is 36.4 Å². The zero-order valence-electron chi connectivity index (χ0n) is 21.5. The van der Waals surface area contributed by atoms with Crippen LogP contribution in [0.5, 0.6) is 5.75 Å². The van der Waals surface area contributed by atoms with Crippen molar-refractivity contribution in [2.75, 3.05) is 13.7 Å². The first-order valence-corrected chi connectivity index (χ1v) is 12.7. The number of aromatic nitrogens is 2. The molecule has 0 atom stereocenters. The number of hydrogen-bond donors (Lipinski definition) is 3. The molecule has 0 aliphatic rings. The molecule has 0 fully saturated rings. The number of para-hydroxylation sites is 1. The molecule has 0 aliphatic carbocycles. The van der Waals surface area contributed by atoms with Crippen LogP contribution in [0.25, 0.3) is 27.9 Å². The van der Waals surface area contributed by atoms with E-state index in [9.17, 15) is 9.59 Å². The second kappa shape index (κ2) is 11.1. The molecule has 3 N–H and O–H groups in total. The number of aryl methyl sites for hydroxylation is 1. The van der Waals surface area contributed by atoms with Crippen LogP contribution in [0.3, 0.4) is 0 Å². The van der Waals surface area contributed by atoms with Crippen molar-refractivity contribution in [3.8, 4) is 5.75 Å². The molecule has 3 aromatic carbocycles. The van der Waals surface area contributed by atoms with E-state index < -0.39 is 0 Å². The van der Waals surface area contributed by atoms with E-state index in [0.29, 0.717) is 18.5 Å². The molecule has 0 bridgehead atoms. The fraction of sp³-hybridized carbons (Fsp3) is 0.161. The molecule has 0 saturated carbocycles. The average Bonchev–Trinajstić information content (AvgIpc) is 3.53. The van der Waals surface area contributed by atoms with Crippen molar-refractivity contribution in [1.82, 2.24) is 20.2 Å². The third kappa shape index (κ3) is 5.18. The second-order valence-corrected chi connectivity index (χ2v) is 9.00. The van der Waals surface area contributed by atoms with E-state index in [1.807, 2.05) is 54.9 Å². The number of carbonyl (C=O) groups excluding carboxylic acids is 2. The summed E-state index contributed by atoms with van der Waals surface area (Å²) in [5.41, 5.74) is 4.70. The Hall–Kier alpha value is -4.78. The summed E-state index contributed by atoms with van der Waals surface area (Å²) in [7, 11) is 1.64. The highest BCUT2D eigenvalue weighted by Gasteiger charge is 2.16. The van der Waals surface area contributed by atoms with Crippen LogP contribution in [0.2, 0.25) is 0 Å². The minimum absolute atomic E-state index is 0.193. The molecule has 0 radical (unpaired) electrons. The molecule has 5 aromatic rings. The van der Waals surface area contributed by atoms with Crippen LogP contribution in [0, 0.1) is 0 Å². The van der Waals surface area contributed by atoms with Crippen molar-refractivity contribution in [2.45, 2.75) is 19.9 Å². The number of rotatable bonds is 9. The van der Waals surface area contributed by atoms with Crippen LogP contribution in [0.4, 0.5) is 0 Å². The van der Waals surface area contributed by atoms with Crippen molar-refractivity contribution in [3.63, 3.8) is 0 Å². The lowest BCUT2D eigenvalue weighted by molar-refractivity contribution is -0.117. The third-order valence-corrected chi connectivity index (χ3v) is 6.64. The highest BCUT2D eigenvalue weighted by Crippen LogP contribution is 2.25. The van der Waals surface area contributed by atoms with E-state index in [1.54, 1.807) is 37.5 Å². The maximum Gasteiger partial charge on any atom is 0.267 e. The molecule has 7 nitrogen and oxygen atoms in total. The zero-order chi connectivity index (χ0) is 26.5. The normalized spacial score (nSPS) is 11.6. The maximum atomic E-state index is 13.4. The van der Waals surface area contributed by atoms with Gasteiger partial charge in [-0.2, -0.15) is 0 Å². The van der Waals surface area contributed by atoms with Gasteiger partial charge in [0.2, 0.25) is 0 Å².